The second-order valence-electron chi connectivity index (χ2n) is 5.26. The van der Waals surface area contributed by atoms with Gasteiger partial charge in [-0.1, -0.05) is 19.9 Å². The van der Waals surface area contributed by atoms with Crippen molar-refractivity contribution in [2.45, 2.75) is 39.3 Å². The van der Waals surface area contributed by atoms with Crippen LogP contribution in [0.4, 0.5) is 0 Å². The molecule has 1 aromatic carbocycles. The summed E-state index contributed by atoms with van der Waals surface area (Å²) < 4.78 is 12.5. The molecule has 0 aliphatic carbocycles. The van der Waals surface area contributed by atoms with Crippen molar-refractivity contribution in [3.8, 4) is 5.75 Å². The lowest BCUT2D eigenvalue weighted by Gasteiger charge is -2.27. The van der Waals surface area contributed by atoms with Gasteiger partial charge in [0.25, 0.3) is 0 Å². The van der Waals surface area contributed by atoms with Crippen molar-refractivity contribution >= 4 is 15.9 Å². The van der Waals surface area contributed by atoms with Crippen molar-refractivity contribution in [3.63, 3.8) is 0 Å². The van der Waals surface area contributed by atoms with Gasteiger partial charge in [-0.15, -0.1) is 0 Å². The number of likely N-dealkylation sites (N-methyl/N-ethyl adjacent to an activating group) is 1. The van der Waals surface area contributed by atoms with E-state index in [1.54, 1.807) is 0 Å². The Hall–Kier alpha value is -0.580. The van der Waals surface area contributed by atoms with Gasteiger partial charge in [0.15, 0.2) is 0 Å². The van der Waals surface area contributed by atoms with Gasteiger partial charge in [0.1, 0.15) is 5.75 Å². The second-order valence-corrected chi connectivity index (χ2v) is 6.11. The Morgan fingerprint density at radius 2 is 2.25 bits per heavy atom. The highest BCUT2D eigenvalue weighted by Gasteiger charge is 2.32. The average molecular weight is 342 g/mol. The summed E-state index contributed by atoms with van der Waals surface area (Å²) in [5.41, 5.74) is 1.25. The molecule has 1 heterocycles. The van der Waals surface area contributed by atoms with E-state index in [0.717, 1.165) is 29.8 Å². The van der Waals surface area contributed by atoms with E-state index in [1.165, 1.54) is 5.56 Å². The van der Waals surface area contributed by atoms with Crippen LogP contribution in [0, 0.1) is 5.92 Å². The lowest BCUT2D eigenvalue weighted by Crippen LogP contribution is -2.34. The molecule has 0 amide bonds. The molecule has 3 unspecified atom stereocenters. The molecule has 1 aromatic rings. The maximum atomic E-state index is 5.94. The van der Waals surface area contributed by atoms with Crippen molar-refractivity contribution in [2.24, 2.45) is 5.92 Å². The van der Waals surface area contributed by atoms with Crippen LogP contribution in [0.25, 0.3) is 0 Å². The molecule has 3 atom stereocenters. The molecule has 3 nitrogen and oxygen atoms in total. The zero-order valence-electron chi connectivity index (χ0n) is 12.5. The predicted octanol–water partition coefficient (Wildman–Crippen LogP) is 3.92. The topological polar surface area (TPSA) is 30.5 Å². The van der Waals surface area contributed by atoms with Crippen LogP contribution in [0.5, 0.6) is 5.75 Å². The fraction of sp³-hybridized carbons (Fsp3) is 0.625. The van der Waals surface area contributed by atoms with Crippen LogP contribution in [0.3, 0.4) is 0 Å². The minimum absolute atomic E-state index is 0.240. The second kappa shape index (κ2) is 7.43. The number of halogens is 1. The first-order chi connectivity index (χ1) is 9.67. The van der Waals surface area contributed by atoms with Crippen molar-refractivity contribution in [1.29, 1.82) is 0 Å². The first-order valence-corrected chi connectivity index (χ1v) is 8.23. The van der Waals surface area contributed by atoms with Crippen molar-refractivity contribution in [2.75, 3.05) is 19.8 Å². The Balaban J connectivity index is 2.22. The first kappa shape index (κ1) is 15.8. The van der Waals surface area contributed by atoms with Crippen LogP contribution >= 0.6 is 15.9 Å². The van der Waals surface area contributed by atoms with Gasteiger partial charge in [-0.3, -0.25) is 0 Å². The molecular weight excluding hydrogens is 318 g/mol. The minimum Gasteiger partial charge on any atom is -0.493 e. The van der Waals surface area contributed by atoms with Gasteiger partial charge in [-0.25, -0.2) is 0 Å². The molecule has 4 heteroatoms. The van der Waals surface area contributed by atoms with Gasteiger partial charge in [0.05, 0.1) is 23.2 Å². The van der Waals surface area contributed by atoms with Crippen LogP contribution in [-0.4, -0.2) is 25.9 Å². The smallest absolute Gasteiger partial charge is 0.133 e. The van der Waals surface area contributed by atoms with Crippen LogP contribution in [0.2, 0.25) is 0 Å². The molecule has 1 aliphatic heterocycles. The van der Waals surface area contributed by atoms with Crippen LogP contribution in [0.1, 0.15) is 38.8 Å². The average Bonchev–Trinajstić information content (AvgIpc) is 2.85. The molecule has 20 heavy (non-hydrogen) atoms. The van der Waals surface area contributed by atoms with E-state index in [4.69, 9.17) is 9.47 Å². The van der Waals surface area contributed by atoms with E-state index in [9.17, 15) is 0 Å². The summed E-state index contributed by atoms with van der Waals surface area (Å²) in [5, 5.41) is 3.56. The molecular formula is C16H24BrNO2. The molecule has 2 rings (SSSR count). The molecule has 0 spiro atoms. The maximum absolute atomic E-state index is 5.94. The molecule has 1 saturated heterocycles. The Kier molecular flexibility index (Phi) is 5.87. The van der Waals surface area contributed by atoms with Crippen molar-refractivity contribution in [3.05, 3.63) is 28.2 Å². The third-order valence-corrected chi connectivity index (χ3v) is 4.43. The summed E-state index contributed by atoms with van der Waals surface area (Å²) in [6.45, 7) is 8.88. The van der Waals surface area contributed by atoms with E-state index < -0.39 is 0 Å². The van der Waals surface area contributed by atoms with Crippen LogP contribution in [0.15, 0.2) is 22.7 Å². The molecule has 0 saturated carbocycles. The van der Waals surface area contributed by atoms with E-state index in [2.05, 4.69) is 47.2 Å². The quantitative estimate of drug-likeness (QED) is 0.850. The van der Waals surface area contributed by atoms with Gasteiger partial charge in [0, 0.05) is 6.61 Å². The number of benzene rings is 1. The van der Waals surface area contributed by atoms with Gasteiger partial charge in [-0.2, -0.15) is 0 Å². The normalized spacial score (nSPS) is 23.8. The van der Waals surface area contributed by atoms with Crippen LogP contribution in [-0.2, 0) is 4.74 Å². The Morgan fingerprint density at radius 1 is 1.45 bits per heavy atom. The van der Waals surface area contributed by atoms with Gasteiger partial charge < -0.3 is 14.8 Å². The molecule has 0 bridgehead atoms. The van der Waals surface area contributed by atoms with Gasteiger partial charge >= 0.3 is 0 Å². The zero-order chi connectivity index (χ0) is 14.5. The van der Waals surface area contributed by atoms with Crippen molar-refractivity contribution in [1.82, 2.24) is 5.32 Å². The summed E-state index contributed by atoms with van der Waals surface area (Å²) in [5.74, 6) is 1.48. The third-order valence-electron chi connectivity index (χ3n) is 3.81. The summed E-state index contributed by atoms with van der Waals surface area (Å²) in [6, 6.07) is 6.56. The SMILES string of the molecule is CCNC(c1ccc(OCC)c(Br)c1)C1OCCC1C. The van der Waals surface area contributed by atoms with Crippen molar-refractivity contribution < 1.29 is 9.47 Å². The molecule has 112 valence electrons. The van der Waals surface area contributed by atoms with E-state index in [1.807, 2.05) is 13.0 Å². The summed E-state index contributed by atoms with van der Waals surface area (Å²) in [4.78, 5) is 0. The van der Waals surface area contributed by atoms with E-state index in [-0.39, 0.29) is 12.1 Å². The highest BCUT2D eigenvalue weighted by molar-refractivity contribution is 9.10. The third kappa shape index (κ3) is 3.54. The highest BCUT2D eigenvalue weighted by Crippen LogP contribution is 2.34. The molecule has 0 aromatic heterocycles. The minimum atomic E-state index is 0.240. The lowest BCUT2D eigenvalue weighted by molar-refractivity contribution is 0.0612. The monoisotopic (exact) mass is 341 g/mol. The summed E-state index contributed by atoms with van der Waals surface area (Å²) in [7, 11) is 0. The number of hydrogen-bond donors (Lipinski definition) is 1. The van der Waals surface area contributed by atoms with Gasteiger partial charge in [-0.05, 0) is 59.4 Å². The zero-order valence-corrected chi connectivity index (χ0v) is 14.1. The Labute approximate surface area is 130 Å². The Morgan fingerprint density at radius 3 is 2.80 bits per heavy atom. The molecule has 1 N–H and O–H groups in total. The number of ether oxygens (including phenoxy) is 2. The fourth-order valence-corrected chi connectivity index (χ4v) is 3.28. The van der Waals surface area contributed by atoms with Gasteiger partial charge in [0.2, 0.25) is 0 Å². The largest absolute Gasteiger partial charge is 0.493 e. The molecule has 0 radical (unpaired) electrons. The summed E-state index contributed by atoms with van der Waals surface area (Å²) in [6.07, 6.45) is 1.39. The first-order valence-electron chi connectivity index (χ1n) is 7.44. The standard InChI is InChI=1S/C16H24BrNO2/c1-4-18-15(16-11(3)8-9-20-16)12-6-7-14(19-5-2)13(17)10-12/h6-7,10-11,15-16,18H,4-5,8-9H2,1-3H3. The number of rotatable bonds is 6. The Bertz CT molecular complexity index is 438. The van der Waals surface area contributed by atoms with E-state index >= 15 is 0 Å². The summed E-state index contributed by atoms with van der Waals surface area (Å²) >= 11 is 3.60. The van der Waals surface area contributed by atoms with E-state index in [0.29, 0.717) is 12.5 Å². The molecule has 1 fully saturated rings. The number of hydrogen-bond acceptors (Lipinski definition) is 3. The maximum Gasteiger partial charge on any atom is 0.133 e. The molecule has 1 aliphatic rings. The highest BCUT2D eigenvalue weighted by atomic mass is 79.9. The lowest BCUT2D eigenvalue weighted by atomic mass is 9.92. The number of nitrogens with one attached hydrogen (secondary N) is 1. The predicted molar refractivity (Wildman–Crippen MR) is 85.2 cm³/mol. The van der Waals surface area contributed by atoms with Crippen LogP contribution < -0.4 is 10.1 Å². The fourth-order valence-electron chi connectivity index (χ4n) is 2.77.